The van der Waals surface area contributed by atoms with E-state index in [2.05, 4.69) is 31.4 Å². The number of aryl methyl sites for hydroxylation is 1. The fourth-order valence-corrected chi connectivity index (χ4v) is 3.58. The Bertz CT molecular complexity index is 1420. The van der Waals surface area contributed by atoms with Gasteiger partial charge in [0.15, 0.2) is 11.2 Å². The summed E-state index contributed by atoms with van der Waals surface area (Å²) in [5, 5.41) is 4.28. The molecule has 0 bridgehead atoms. The van der Waals surface area contributed by atoms with Crippen LogP contribution >= 0.6 is 15.9 Å². The highest BCUT2D eigenvalue weighted by Gasteiger charge is 2.19. The quantitative estimate of drug-likeness (QED) is 0.327. The number of hydrazone groups is 1. The number of imidazole rings is 1. The first kappa shape index (κ1) is 21.6. The molecule has 0 aliphatic rings. The van der Waals surface area contributed by atoms with E-state index in [4.69, 9.17) is 4.74 Å². The van der Waals surface area contributed by atoms with Gasteiger partial charge < -0.3 is 4.74 Å². The third-order valence-corrected chi connectivity index (χ3v) is 5.62. The van der Waals surface area contributed by atoms with Gasteiger partial charge in [-0.2, -0.15) is 10.1 Å². The highest BCUT2D eigenvalue weighted by molar-refractivity contribution is 9.10. The second-order valence-electron chi connectivity index (χ2n) is 7.17. The van der Waals surface area contributed by atoms with E-state index in [0.717, 1.165) is 25.9 Å². The number of aromatic nitrogens is 4. The van der Waals surface area contributed by atoms with Gasteiger partial charge in [0, 0.05) is 18.6 Å². The van der Waals surface area contributed by atoms with Crippen molar-refractivity contribution in [2.45, 2.75) is 6.54 Å². The van der Waals surface area contributed by atoms with Crippen molar-refractivity contribution in [1.82, 2.24) is 18.7 Å². The smallest absolute Gasteiger partial charge is 0.332 e. The molecular formula is C22H21BrN6O3. The average Bonchev–Trinajstić information content (AvgIpc) is 3.16. The zero-order chi connectivity index (χ0) is 22.8. The number of methoxy groups -OCH3 is 1. The Labute approximate surface area is 191 Å². The number of nitrogens with zero attached hydrogens (tertiary/aromatic N) is 5. The number of hydrogen-bond donors (Lipinski definition) is 1. The van der Waals surface area contributed by atoms with Crippen LogP contribution < -0.4 is 21.4 Å². The first-order chi connectivity index (χ1) is 15.4. The molecule has 0 saturated carbocycles. The minimum absolute atomic E-state index is 0.289. The summed E-state index contributed by atoms with van der Waals surface area (Å²) in [7, 11) is 4.65. The molecule has 2 heterocycles. The topological polar surface area (TPSA) is 95.4 Å². The standard InChI is InChI=1S/C22H21BrN6O3/c1-27-19-18(20(30)28(2)22(27)31)29(13-15-4-8-16(23)9-5-15)21(25-19)26-24-12-14-6-10-17(32-3)11-7-14/h4-12H,13H2,1-3H3,(H,25,26)/b24-12-. The van der Waals surface area contributed by atoms with E-state index < -0.39 is 11.2 Å². The maximum atomic E-state index is 12.9. The summed E-state index contributed by atoms with van der Waals surface area (Å²) in [6, 6.07) is 15.2. The normalized spacial score (nSPS) is 11.4. The Morgan fingerprint density at radius 3 is 2.41 bits per heavy atom. The average molecular weight is 497 g/mol. The third kappa shape index (κ3) is 4.09. The summed E-state index contributed by atoms with van der Waals surface area (Å²) in [4.78, 5) is 29.8. The van der Waals surface area contributed by atoms with E-state index in [1.54, 1.807) is 24.9 Å². The van der Waals surface area contributed by atoms with Crippen LogP contribution in [0.4, 0.5) is 5.95 Å². The lowest BCUT2D eigenvalue weighted by Gasteiger charge is -2.09. The van der Waals surface area contributed by atoms with Crippen LogP contribution in [0.2, 0.25) is 0 Å². The lowest BCUT2D eigenvalue weighted by Crippen LogP contribution is -2.37. The van der Waals surface area contributed by atoms with Gasteiger partial charge in [-0.25, -0.2) is 10.2 Å². The van der Waals surface area contributed by atoms with Gasteiger partial charge in [-0.05, 0) is 47.5 Å². The molecular weight excluding hydrogens is 476 g/mol. The van der Waals surface area contributed by atoms with Gasteiger partial charge in [0.2, 0.25) is 5.95 Å². The van der Waals surface area contributed by atoms with E-state index in [9.17, 15) is 9.59 Å². The van der Waals surface area contributed by atoms with E-state index in [1.165, 1.54) is 11.6 Å². The summed E-state index contributed by atoms with van der Waals surface area (Å²) in [6.45, 7) is 0.373. The van der Waals surface area contributed by atoms with Crippen molar-refractivity contribution in [1.29, 1.82) is 0 Å². The SMILES string of the molecule is COc1ccc(/C=N\Nc2nc3c(c(=O)n(C)c(=O)n3C)n2Cc2ccc(Br)cc2)cc1. The van der Waals surface area contributed by atoms with Crippen LogP contribution in [-0.2, 0) is 20.6 Å². The first-order valence-electron chi connectivity index (χ1n) is 9.73. The molecule has 4 rings (SSSR count). The van der Waals surface area contributed by atoms with Crippen molar-refractivity contribution in [3.63, 3.8) is 0 Å². The second kappa shape index (κ2) is 8.83. The second-order valence-corrected chi connectivity index (χ2v) is 8.08. The molecule has 0 saturated heterocycles. The van der Waals surface area contributed by atoms with Crippen LogP contribution in [0.25, 0.3) is 11.2 Å². The number of rotatable bonds is 6. The van der Waals surface area contributed by atoms with Crippen molar-refractivity contribution in [3.8, 4) is 5.75 Å². The Balaban J connectivity index is 1.77. The molecule has 164 valence electrons. The van der Waals surface area contributed by atoms with Gasteiger partial charge in [-0.15, -0.1) is 0 Å². The molecule has 0 fully saturated rings. The highest BCUT2D eigenvalue weighted by Crippen LogP contribution is 2.19. The van der Waals surface area contributed by atoms with E-state index in [-0.39, 0.29) is 5.65 Å². The molecule has 1 N–H and O–H groups in total. The lowest BCUT2D eigenvalue weighted by atomic mass is 10.2. The molecule has 2 aromatic carbocycles. The molecule has 0 unspecified atom stereocenters. The van der Waals surface area contributed by atoms with Crippen LogP contribution in [-0.4, -0.2) is 32.0 Å². The molecule has 0 aliphatic heterocycles. The Morgan fingerprint density at radius 1 is 1.06 bits per heavy atom. The highest BCUT2D eigenvalue weighted by atomic mass is 79.9. The van der Waals surface area contributed by atoms with Gasteiger partial charge >= 0.3 is 5.69 Å². The summed E-state index contributed by atoms with van der Waals surface area (Å²) in [6.07, 6.45) is 1.64. The zero-order valence-electron chi connectivity index (χ0n) is 17.7. The van der Waals surface area contributed by atoms with Crippen molar-refractivity contribution in [3.05, 3.63) is 85.0 Å². The molecule has 2 aromatic heterocycles. The molecule has 0 aliphatic carbocycles. The fraction of sp³-hybridized carbons (Fsp3) is 0.182. The van der Waals surface area contributed by atoms with Crippen molar-refractivity contribution >= 4 is 39.3 Å². The van der Waals surface area contributed by atoms with Crippen LogP contribution in [0.3, 0.4) is 0 Å². The van der Waals surface area contributed by atoms with Crippen molar-refractivity contribution < 1.29 is 4.74 Å². The van der Waals surface area contributed by atoms with Gasteiger partial charge in [0.1, 0.15) is 5.75 Å². The molecule has 0 atom stereocenters. The summed E-state index contributed by atoms with van der Waals surface area (Å²) >= 11 is 3.43. The predicted molar refractivity (Wildman–Crippen MR) is 128 cm³/mol. The monoisotopic (exact) mass is 496 g/mol. The number of fused-ring (bicyclic) bond motifs is 1. The molecule has 0 spiro atoms. The summed E-state index contributed by atoms with van der Waals surface area (Å²) < 4.78 is 10.3. The van der Waals surface area contributed by atoms with E-state index in [1.807, 2.05) is 48.5 Å². The molecule has 0 amide bonds. The van der Waals surface area contributed by atoms with Gasteiger partial charge in [0.05, 0.1) is 19.9 Å². The first-order valence-corrected chi connectivity index (χ1v) is 10.5. The minimum Gasteiger partial charge on any atom is -0.497 e. The Hall–Kier alpha value is -3.66. The van der Waals surface area contributed by atoms with Crippen LogP contribution in [0.5, 0.6) is 5.75 Å². The number of anilines is 1. The fourth-order valence-electron chi connectivity index (χ4n) is 3.31. The lowest BCUT2D eigenvalue weighted by molar-refractivity contribution is 0.415. The maximum absolute atomic E-state index is 12.9. The van der Waals surface area contributed by atoms with E-state index >= 15 is 0 Å². The third-order valence-electron chi connectivity index (χ3n) is 5.10. The molecule has 0 radical (unpaired) electrons. The molecule has 9 nitrogen and oxygen atoms in total. The van der Waals surface area contributed by atoms with Crippen LogP contribution in [0.1, 0.15) is 11.1 Å². The van der Waals surface area contributed by atoms with Crippen LogP contribution in [0.15, 0.2) is 67.7 Å². The van der Waals surface area contributed by atoms with Crippen LogP contribution in [0, 0.1) is 0 Å². The number of nitrogens with one attached hydrogen (secondary N) is 1. The summed E-state index contributed by atoms with van der Waals surface area (Å²) in [5.74, 6) is 1.11. The number of hydrogen-bond acceptors (Lipinski definition) is 6. The van der Waals surface area contributed by atoms with Crippen molar-refractivity contribution in [2.75, 3.05) is 12.5 Å². The maximum Gasteiger partial charge on any atom is 0.332 e. The minimum atomic E-state index is -0.441. The molecule has 32 heavy (non-hydrogen) atoms. The van der Waals surface area contributed by atoms with Gasteiger partial charge in [0.25, 0.3) is 5.56 Å². The number of halogens is 1. The molecule has 4 aromatic rings. The van der Waals surface area contributed by atoms with E-state index in [0.29, 0.717) is 18.0 Å². The Morgan fingerprint density at radius 2 is 1.75 bits per heavy atom. The van der Waals surface area contributed by atoms with Crippen molar-refractivity contribution in [2.24, 2.45) is 19.2 Å². The largest absolute Gasteiger partial charge is 0.497 e. The Kier molecular flexibility index (Phi) is 5.95. The predicted octanol–water partition coefficient (Wildman–Crippen LogP) is 2.70. The summed E-state index contributed by atoms with van der Waals surface area (Å²) in [5.41, 5.74) is 4.49. The number of benzene rings is 2. The molecule has 10 heteroatoms. The number of ether oxygens (including phenoxy) is 1. The van der Waals surface area contributed by atoms with Gasteiger partial charge in [-0.1, -0.05) is 28.1 Å². The zero-order valence-corrected chi connectivity index (χ0v) is 19.3. The van der Waals surface area contributed by atoms with Gasteiger partial charge in [-0.3, -0.25) is 18.5 Å².